The molecule has 0 unspecified atom stereocenters. The van der Waals surface area contributed by atoms with E-state index in [4.69, 9.17) is 35.3 Å². The van der Waals surface area contributed by atoms with Crippen LogP contribution in [0.4, 0.5) is 0 Å². The number of halogens is 1. The van der Waals surface area contributed by atoms with Gasteiger partial charge in [0.1, 0.15) is 18.1 Å². The van der Waals surface area contributed by atoms with Crippen LogP contribution in [0.1, 0.15) is 21.5 Å². The first-order chi connectivity index (χ1) is 15.5. The Kier molecular flexibility index (Phi) is 6.23. The van der Waals surface area contributed by atoms with Gasteiger partial charge in [0.05, 0.1) is 26.9 Å². The highest BCUT2D eigenvalue weighted by molar-refractivity contribution is 6.31. The third kappa shape index (κ3) is 4.22. The fourth-order valence-corrected chi connectivity index (χ4v) is 3.56. The minimum Gasteiger partial charge on any atom is -0.493 e. The number of Topliss-reactive ketones (excluding diaryl/α,β-unsaturated/α-hetero) is 1. The lowest BCUT2D eigenvalue weighted by Gasteiger charge is -2.13. The molecule has 0 radical (unpaired) electrons. The molecule has 164 valence electrons. The van der Waals surface area contributed by atoms with Gasteiger partial charge in [-0.2, -0.15) is 0 Å². The summed E-state index contributed by atoms with van der Waals surface area (Å²) in [5.41, 5.74) is 2.01. The van der Waals surface area contributed by atoms with Gasteiger partial charge in [0.15, 0.2) is 17.3 Å². The summed E-state index contributed by atoms with van der Waals surface area (Å²) in [6, 6.07) is 16.1. The van der Waals surface area contributed by atoms with E-state index in [1.807, 2.05) is 24.3 Å². The molecule has 1 aliphatic heterocycles. The minimum atomic E-state index is -0.216. The molecule has 6 nitrogen and oxygen atoms in total. The number of benzene rings is 3. The second-order valence-corrected chi connectivity index (χ2v) is 7.34. The molecule has 0 bridgehead atoms. The summed E-state index contributed by atoms with van der Waals surface area (Å²) in [5, 5.41) is 0.635. The van der Waals surface area contributed by atoms with Gasteiger partial charge >= 0.3 is 0 Å². The molecule has 3 aromatic carbocycles. The van der Waals surface area contributed by atoms with E-state index in [0.717, 1.165) is 5.56 Å². The molecule has 4 rings (SSSR count). The van der Waals surface area contributed by atoms with E-state index in [-0.39, 0.29) is 11.5 Å². The Morgan fingerprint density at radius 3 is 2.31 bits per heavy atom. The van der Waals surface area contributed by atoms with Crippen LogP contribution < -0.4 is 23.7 Å². The van der Waals surface area contributed by atoms with E-state index < -0.39 is 0 Å². The van der Waals surface area contributed by atoms with E-state index in [2.05, 4.69) is 0 Å². The molecule has 0 aromatic heterocycles. The topological polar surface area (TPSA) is 63.2 Å². The molecule has 0 fully saturated rings. The third-order valence-corrected chi connectivity index (χ3v) is 5.35. The summed E-state index contributed by atoms with van der Waals surface area (Å²) in [7, 11) is 4.60. The maximum Gasteiger partial charge on any atom is 0.231 e. The van der Waals surface area contributed by atoms with Gasteiger partial charge in [-0.3, -0.25) is 4.79 Å². The van der Waals surface area contributed by atoms with Crippen LogP contribution in [0, 0.1) is 0 Å². The van der Waals surface area contributed by atoms with Crippen LogP contribution in [0.3, 0.4) is 0 Å². The number of ether oxygens (including phenoxy) is 5. The molecule has 3 aromatic rings. The average molecular weight is 453 g/mol. The number of ketones is 1. The number of methoxy groups -OCH3 is 3. The lowest BCUT2D eigenvalue weighted by Crippen LogP contribution is -1.99. The number of hydrogen-bond acceptors (Lipinski definition) is 6. The van der Waals surface area contributed by atoms with Gasteiger partial charge in [0, 0.05) is 16.7 Å². The summed E-state index contributed by atoms with van der Waals surface area (Å²) in [6.07, 6.45) is 1.64. The van der Waals surface area contributed by atoms with Crippen molar-refractivity contribution < 1.29 is 28.5 Å². The summed E-state index contributed by atoms with van der Waals surface area (Å²) < 4.78 is 27.8. The monoisotopic (exact) mass is 452 g/mol. The highest BCUT2D eigenvalue weighted by Crippen LogP contribution is 2.40. The molecule has 0 spiro atoms. The fraction of sp³-hybridized carbons (Fsp3) is 0.160. The van der Waals surface area contributed by atoms with E-state index in [1.165, 1.54) is 21.3 Å². The molecular formula is C25H21ClO6. The van der Waals surface area contributed by atoms with Crippen molar-refractivity contribution in [3.63, 3.8) is 0 Å². The second kappa shape index (κ2) is 9.24. The number of allylic oxidation sites excluding steroid dienone is 1. The van der Waals surface area contributed by atoms with E-state index in [0.29, 0.717) is 51.5 Å². The summed E-state index contributed by atoms with van der Waals surface area (Å²) in [5.74, 6) is 2.42. The Balaban J connectivity index is 1.57. The standard InChI is InChI=1S/C25H21ClO6/c1-28-22-11-15(12-23(29-2)25(22)30-3)10-21-24(27)18-9-8-17(13-20(18)32-21)31-14-16-6-4-5-7-19(16)26/h4-13H,14H2,1-3H3. The molecule has 1 aliphatic rings. The first kappa shape index (κ1) is 21.6. The predicted molar refractivity (Wildman–Crippen MR) is 121 cm³/mol. The zero-order chi connectivity index (χ0) is 22.7. The van der Waals surface area contributed by atoms with Crippen molar-refractivity contribution in [2.45, 2.75) is 6.61 Å². The van der Waals surface area contributed by atoms with Gasteiger partial charge < -0.3 is 23.7 Å². The van der Waals surface area contributed by atoms with Crippen LogP contribution in [-0.4, -0.2) is 27.1 Å². The van der Waals surface area contributed by atoms with Crippen molar-refractivity contribution in [2.75, 3.05) is 21.3 Å². The Morgan fingerprint density at radius 1 is 0.938 bits per heavy atom. The number of rotatable bonds is 7. The number of carbonyl (C=O) groups excluding carboxylic acids is 1. The SMILES string of the molecule is COc1cc(C=C2Oc3cc(OCc4ccccc4Cl)ccc3C2=O)cc(OC)c1OC. The largest absolute Gasteiger partial charge is 0.493 e. The number of carbonyl (C=O) groups is 1. The molecule has 0 N–H and O–H groups in total. The molecule has 0 saturated heterocycles. The van der Waals surface area contributed by atoms with Crippen molar-refractivity contribution in [2.24, 2.45) is 0 Å². The zero-order valence-electron chi connectivity index (χ0n) is 17.8. The van der Waals surface area contributed by atoms with Gasteiger partial charge in [-0.1, -0.05) is 29.8 Å². The molecule has 1 heterocycles. The molecule has 0 atom stereocenters. The number of hydrogen-bond donors (Lipinski definition) is 0. The van der Waals surface area contributed by atoms with Crippen molar-refractivity contribution in [1.82, 2.24) is 0 Å². The quantitative estimate of drug-likeness (QED) is 0.437. The van der Waals surface area contributed by atoms with Crippen LogP contribution >= 0.6 is 11.6 Å². The van der Waals surface area contributed by atoms with Crippen molar-refractivity contribution in [3.05, 3.63) is 82.1 Å². The van der Waals surface area contributed by atoms with E-state index in [1.54, 1.807) is 36.4 Å². The molecule has 0 amide bonds. The summed E-state index contributed by atoms with van der Waals surface area (Å²) >= 11 is 6.18. The van der Waals surface area contributed by atoms with Crippen molar-refractivity contribution in [3.8, 4) is 28.7 Å². The maximum atomic E-state index is 12.8. The van der Waals surface area contributed by atoms with Crippen LogP contribution in [0.25, 0.3) is 6.08 Å². The van der Waals surface area contributed by atoms with E-state index >= 15 is 0 Å². The summed E-state index contributed by atoms with van der Waals surface area (Å²) in [6.45, 7) is 0.306. The highest BCUT2D eigenvalue weighted by atomic mass is 35.5. The Hall–Kier alpha value is -3.64. The van der Waals surface area contributed by atoms with E-state index in [9.17, 15) is 4.79 Å². The van der Waals surface area contributed by atoms with Gasteiger partial charge in [0.25, 0.3) is 0 Å². The summed E-state index contributed by atoms with van der Waals surface area (Å²) in [4.78, 5) is 12.8. The van der Waals surface area contributed by atoms with Gasteiger partial charge in [0.2, 0.25) is 11.5 Å². The normalized spacial score (nSPS) is 13.5. The Bertz CT molecular complexity index is 1180. The second-order valence-electron chi connectivity index (χ2n) is 6.94. The van der Waals surface area contributed by atoms with Crippen molar-refractivity contribution in [1.29, 1.82) is 0 Å². The average Bonchev–Trinajstić information content (AvgIpc) is 3.12. The smallest absolute Gasteiger partial charge is 0.231 e. The minimum absolute atomic E-state index is 0.192. The first-order valence-electron chi connectivity index (χ1n) is 9.78. The lowest BCUT2D eigenvalue weighted by atomic mass is 10.1. The molecule has 0 aliphatic carbocycles. The molecule has 7 heteroatoms. The Morgan fingerprint density at radius 2 is 1.66 bits per heavy atom. The van der Waals surface area contributed by atoms with Crippen LogP contribution in [0.2, 0.25) is 5.02 Å². The lowest BCUT2D eigenvalue weighted by molar-refractivity contribution is 0.101. The zero-order valence-corrected chi connectivity index (χ0v) is 18.6. The van der Waals surface area contributed by atoms with Gasteiger partial charge in [-0.15, -0.1) is 0 Å². The molecular weight excluding hydrogens is 432 g/mol. The Labute approximate surface area is 190 Å². The van der Waals surface area contributed by atoms with Gasteiger partial charge in [-0.25, -0.2) is 0 Å². The molecule has 32 heavy (non-hydrogen) atoms. The van der Waals surface area contributed by atoms with Crippen LogP contribution in [-0.2, 0) is 6.61 Å². The van der Waals surface area contributed by atoms with Crippen molar-refractivity contribution >= 4 is 23.5 Å². The predicted octanol–water partition coefficient (Wildman–Crippen LogP) is 5.56. The van der Waals surface area contributed by atoms with Gasteiger partial charge in [-0.05, 0) is 42.0 Å². The highest BCUT2D eigenvalue weighted by Gasteiger charge is 2.28. The number of fused-ring (bicyclic) bond motifs is 1. The fourth-order valence-electron chi connectivity index (χ4n) is 3.37. The third-order valence-electron chi connectivity index (χ3n) is 4.98. The van der Waals surface area contributed by atoms with Crippen LogP contribution in [0.5, 0.6) is 28.7 Å². The van der Waals surface area contributed by atoms with Crippen LogP contribution in [0.15, 0.2) is 60.4 Å². The first-order valence-corrected chi connectivity index (χ1v) is 10.2. The maximum absolute atomic E-state index is 12.8. The molecule has 0 saturated carbocycles.